The summed E-state index contributed by atoms with van der Waals surface area (Å²) in [7, 11) is 0. The molecule has 130 valence electrons. The van der Waals surface area contributed by atoms with Gasteiger partial charge in [-0.25, -0.2) is 0 Å². The van der Waals surface area contributed by atoms with E-state index in [9.17, 15) is 24.8 Å². The molecule has 10 heteroatoms. The number of nitro groups is 1. The number of carbonyl (C=O) groups is 2. The molecule has 0 aliphatic heterocycles. The second-order valence-corrected chi connectivity index (χ2v) is 5.09. The summed E-state index contributed by atoms with van der Waals surface area (Å²) in [4.78, 5) is 32.9. The number of phenols is 1. The highest BCUT2D eigenvalue weighted by molar-refractivity contribution is 7.80. The second kappa shape index (κ2) is 9.40. The van der Waals surface area contributed by atoms with E-state index in [1.54, 1.807) is 0 Å². The van der Waals surface area contributed by atoms with Crippen LogP contribution in [0.15, 0.2) is 18.2 Å². The zero-order valence-electron chi connectivity index (χ0n) is 12.9. The summed E-state index contributed by atoms with van der Waals surface area (Å²) in [5.41, 5.74) is -0.174. The van der Waals surface area contributed by atoms with Crippen LogP contribution in [0.4, 0.5) is 11.4 Å². The number of ether oxygens (including phenoxy) is 1. The van der Waals surface area contributed by atoms with Gasteiger partial charge in [-0.05, 0) is 24.7 Å². The van der Waals surface area contributed by atoms with Crippen LogP contribution in [0.25, 0.3) is 0 Å². The zero-order chi connectivity index (χ0) is 18.1. The highest BCUT2D eigenvalue weighted by Crippen LogP contribution is 2.27. The van der Waals surface area contributed by atoms with Gasteiger partial charge in [-0.2, -0.15) is 0 Å². The molecule has 1 aromatic rings. The van der Waals surface area contributed by atoms with Crippen molar-refractivity contribution in [2.75, 3.05) is 11.9 Å². The molecule has 0 spiro atoms. The third kappa shape index (κ3) is 6.57. The van der Waals surface area contributed by atoms with Gasteiger partial charge < -0.3 is 20.5 Å². The molecule has 0 fully saturated rings. The maximum Gasteiger partial charge on any atom is 0.306 e. The number of anilines is 1. The van der Waals surface area contributed by atoms with Gasteiger partial charge >= 0.3 is 5.97 Å². The number of esters is 1. The summed E-state index contributed by atoms with van der Waals surface area (Å²) in [5.74, 6) is -1.36. The van der Waals surface area contributed by atoms with E-state index in [0.717, 1.165) is 6.07 Å². The van der Waals surface area contributed by atoms with E-state index in [0.29, 0.717) is 13.0 Å². The van der Waals surface area contributed by atoms with Crippen molar-refractivity contribution < 1.29 is 24.4 Å². The number of nitrogens with one attached hydrogen (secondary N) is 2. The molecule has 0 heterocycles. The Kier molecular flexibility index (Phi) is 7.56. The summed E-state index contributed by atoms with van der Waals surface area (Å²) in [6.45, 7) is 2.16. The van der Waals surface area contributed by atoms with Crippen LogP contribution in [-0.2, 0) is 14.3 Å². The highest BCUT2D eigenvalue weighted by atomic mass is 32.1. The van der Waals surface area contributed by atoms with Crippen molar-refractivity contribution in [3.05, 3.63) is 28.3 Å². The Hall–Kier alpha value is -2.75. The van der Waals surface area contributed by atoms with Crippen LogP contribution < -0.4 is 10.6 Å². The number of amides is 1. The predicted molar refractivity (Wildman–Crippen MR) is 89.6 cm³/mol. The molecular formula is C14H17N3O6S. The Morgan fingerprint density at radius 2 is 2.08 bits per heavy atom. The fraction of sp³-hybridized carbons (Fsp3) is 0.357. The number of nitro benzene ring substituents is 1. The molecule has 1 aromatic carbocycles. The van der Waals surface area contributed by atoms with Gasteiger partial charge in [0, 0.05) is 12.5 Å². The van der Waals surface area contributed by atoms with E-state index in [4.69, 9.17) is 17.0 Å². The smallest absolute Gasteiger partial charge is 0.306 e. The average molecular weight is 355 g/mol. The van der Waals surface area contributed by atoms with Crippen molar-refractivity contribution in [3.8, 4) is 5.75 Å². The first kappa shape index (κ1) is 19.3. The number of rotatable bonds is 7. The number of hydrogen-bond donors (Lipinski definition) is 3. The van der Waals surface area contributed by atoms with E-state index in [1.165, 1.54) is 12.1 Å². The first-order chi connectivity index (χ1) is 11.3. The lowest BCUT2D eigenvalue weighted by Crippen LogP contribution is -2.34. The molecule has 3 N–H and O–H groups in total. The fourth-order valence-corrected chi connectivity index (χ4v) is 1.81. The van der Waals surface area contributed by atoms with Crippen LogP contribution in [0.2, 0.25) is 0 Å². The van der Waals surface area contributed by atoms with Crippen molar-refractivity contribution in [3.63, 3.8) is 0 Å². The lowest BCUT2D eigenvalue weighted by atomic mass is 10.2. The number of aromatic hydroxyl groups is 1. The molecule has 0 aliphatic rings. The molecular weight excluding hydrogens is 338 g/mol. The third-order valence-electron chi connectivity index (χ3n) is 2.72. The number of nitrogens with zero attached hydrogens (tertiary/aromatic N) is 1. The first-order valence-electron chi connectivity index (χ1n) is 7.07. The number of non-ortho nitro benzene ring substituents is 1. The number of carbonyl (C=O) groups excluding carboxylic acids is 2. The molecule has 24 heavy (non-hydrogen) atoms. The minimum Gasteiger partial charge on any atom is -0.506 e. The molecule has 0 atom stereocenters. The Labute approximate surface area is 143 Å². The summed E-state index contributed by atoms with van der Waals surface area (Å²) in [5, 5.41) is 25.0. The van der Waals surface area contributed by atoms with Crippen LogP contribution in [0, 0.1) is 10.1 Å². The molecule has 0 aromatic heterocycles. The van der Waals surface area contributed by atoms with E-state index in [2.05, 4.69) is 10.6 Å². The summed E-state index contributed by atoms with van der Waals surface area (Å²) in [6, 6.07) is 3.39. The van der Waals surface area contributed by atoms with Crippen molar-refractivity contribution in [1.82, 2.24) is 5.32 Å². The lowest BCUT2D eigenvalue weighted by molar-refractivity contribution is -0.384. The van der Waals surface area contributed by atoms with Crippen LogP contribution in [0.3, 0.4) is 0 Å². The Morgan fingerprint density at radius 3 is 2.67 bits per heavy atom. The van der Waals surface area contributed by atoms with Crippen LogP contribution in [0.1, 0.15) is 26.2 Å². The van der Waals surface area contributed by atoms with Crippen LogP contribution >= 0.6 is 12.2 Å². The Balaban J connectivity index is 2.47. The number of hydrogen-bond acceptors (Lipinski definition) is 7. The van der Waals surface area contributed by atoms with Gasteiger partial charge in [0.15, 0.2) is 5.11 Å². The molecule has 0 unspecified atom stereocenters. The van der Waals surface area contributed by atoms with Gasteiger partial charge in [0.25, 0.3) is 5.69 Å². The molecule has 1 rings (SSSR count). The topological polar surface area (TPSA) is 131 Å². The summed E-state index contributed by atoms with van der Waals surface area (Å²) in [6.07, 6.45) is 0.526. The number of phenolic OH excluding ortho intramolecular Hbond substituents is 1. The molecule has 9 nitrogen and oxygen atoms in total. The molecule has 0 aliphatic carbocycles. The minimum atomic E-state index is -0.652. The van der Waals surface area contributed by atoms with Gasteiger partial charge in [-0.3, -0.25) is 19.7 Å². The lowest BCUT2D eigenvalue weighted by Gasteiger charge is -2.10. The standard InChI is InChI=1S/C14H17N3O6S/c1-2-7-23-13(20)6-5-12(19)16-14(24)15-10-4-3-9(17(21)22)8-11(10)18/h3-4,8,18H,2,5-7H2,1H3,(H2,15,16,19,24). The molecule has 0 saturated carbocycles. The van der Waals surface area contributed by atoms with Gasteiger partial charge in [0.2, 0.25) is 5.91 Å². The molecule has 1 amide bonds. The first-order valence-corrected chi connectivity index (χ1v) is 7.48. The SMILES string of the molecule is CCCOC(=O)CCC(=O)NC(=S)Nc1ccc([N+](=O)[O-])cc1O. The summed E-state index contributed by atoms with van der Waals surface area (Å²) < 4.78 is 4.83. The highest BCUT2D eigenvalue weighted by Gasteiger charge is 2.13. The second-order valence-electron chi connectivity index (χ2n) is 4.68. The predicted octanol–water partition coefficient (Wildman–Crippen LogP) is 1.85. The maximum absolute atomic E-state index is 11.7. The Bertz CT molecular complexity index is 649. The average Bonchev–Trinajstić information content (AvgIpc) is 2.52. The van der Waals surface area contributed by atoms with Gasteiger partial charge in [-0.15, -0.1) is 0 Å². The number of benzene rings is 1. The van der Waals surface area contributed by atoms with E-state index in [-0.39, 0.29) is 35.1 Å². The quantitative estimate of drug-likeness (QED) is 0.222. The third-order valence-corrected chi connectivity index (χ3v) is 2.92. The van der Waals surface area contributed by atoms with Crippen LogP contribution in [0.5, 0.6) is 5.75 Å². The van der Waals surface area contributed by atoms with Crippen molar-refractivity contribution in [2.45, 2.75) is 26.2 Å². The van der Waals surface area contributed by atoms with E-state index < -0.39 is 16.8 Å². The molecule has 0 bridgehead atoms. The van der Waals surface area contributed by atoms with Gasteiger partial charge in [0.1, 0.15) is 5.75 Å². The van der Waals surface area contributed by atoms with Gasteiger partial charge in [0.05, 0.1) is 29.7 Å². The van der Waals surface area contributed by atoms with E-state index >= 15 is 0 Å². The minimum absolute atomic E-state index is 0.0722. The van der Waals surface area contributed by atoms with E-state index in [1.807, 2.05) is 6.92 Å². The van der Waals surface area contributed by atoms with Gasteiger partial charge in [-0.1, -0.05) is 6.92 Å². The normalized spacial score (nSPS) is 9.88. The maximum atomic E-state index is 11.7. The monoisotopic (exact) mass is 355 g/mol. The molecule has 0 radical (unpaired) electrons. The van der Waals surface area contributed by atoms with Crippen LogP contribution in [-0.4, -0.2) is 33.6 Å². The van der Waals surface area contributed by atoms with Crippen molar-refractivity contribution >= 4 is 40.6 Å². The summed E-state index contributed by atoms with van der Waals surface area (Å²) >= 11 is 4.90. The number of thiocarbonyl (C=S) groups is 1. The zero-order valence-corrected chi connectivity index (χ0v) is 13.7. The van der Waals surface area contributed by atoms with Crippen molar-refractivity contribution in [2.24, 2.45) is 0 Å². The molecule has 0 saturated heterocycles. The fourth-order valence-electron chi connectivity index (χ4n) is 1.59. The Morgan fingerprint density at radius 1 is 1.38 bits per heavy atom. The van der Waals surface area contributed by atoms with Crippen molar-refractivity contribution in [1.29, 1.82) is 0 Å². The largest absolute Gasteiger partial charge is 0.506 e.